The maximum atomic E-state index is 13.1. The van der Waals surface area contributed by atoms with Crippen LogP contribution in [0.1, 0.15) is 24.1 Å². The Labute approximate surface area is 204 Å². The molecule has 3 aromatic rings. The number of hydrogen-bond donors (Lipinski definition) is 2. The van der Waals surface area contributed by atoms with E-state index in [1.807, 2.05) is 18.2 Å². The highest BCUT2D eigenvalue weighted by Crippen LogP contribution is 2.30. The Kier molecular flexibility index (Phi) is 8.90. The third-order valence-corrected chi connectivity index (χ3v) is 5.13. The second-order valence-electron chi connectivity index (χ2n) is 7.62. The third-order valence-electron chi connectivity index (χ3n) is 5.13. The van der Waals surface area contributed by atoms with E-state index in [4.69, 9.17) is 9.15 Å². The molecular weight excluding hydrogens is 522 g/mol. The quantitative estimate of drug-likeness (QED) is 0.228. The lowest BCUT2D eigenvalue weighted by Gasteiger charge is -2.14. The average Bonchev–Trinajstić information content (AvgIpc) is 3.51. The molecular formula is C24H28FIN4O2. The fourth-order valence-corrected chi connectivity index (χ4v) is 3.14. The first-order chi connectivity index (χ1) is 15.2. The Hall–Kier alpha value is -2.62. The molecule has 0 spiro atoms. The smallest absolute Gasteiger partial charge is 0.226 e. The molecule has 2 N–H and O–H groups in total. The number of aromatic nitrogens is 1. The molecule has 0 saturated heterocycles. The van der Waals surface area contributed by atoms with Crippen molar-refractivity contribution in [1.29, 1.82) is 0 Å². The number of aliphatic imine (C=N–C) groups is 1. The standard InChI is InChI=1S/C24H27FN4O2.HI/c1-26-24(28-14-19-4-2-3-5-22(19)30-15-17-6-7-17)27-13-12-21-16-31-23(29-21)18-8-10-20(25)11-9-18;/h2-5,8-11,16-17H,6-7,12-15H2,1H3,(H2,26,27,28);1H. The molecule has 8 heteroatoms. The molecule has 0 atom stereocenters. The summed E-state index contributed by atoms with van der Waals surface area (Å²) < 4.78 is 24.6. The van der Waals surface area contributed by atoms with E-state index >= 15 is 0 Å². The van der Waals surface area contributed by atoms with Gasteiger partial charge in [-0.3, -0.25) is 4.99 Å². The molecule has 0 bridgehead atoms. The first-order valence-corrected chi connectivity index (χ1v) is 10.6. The van der Waals surface area contributed by atoms with Crippen LogP contribution in [0.15, 0.2) is 64.2 Å². The molecule has 1 fully saturated rings. The summed E-state index contributed by atoms with van der Waals surface area (Å²) in [7, 11) is 1.74. The molecule has 0 radical (unpaired) electrons. The van der Waals surface area contributed by atoms with Gasteiger partial charge in [0, 0.05) is 37.7 Å². The van der Waals surface area contributed by atoms with Gasteiger partial charge in [0.1, 0.15) is 17.8 Å². The minimum absolute atomic E-state index is 0. The molecule has 32 heavy (non-hydrogen) atoms. The van der Waals surface area contributed by atoms with E-state index in [9.17, 15) is 4.39 Å². The third kappa shape index (κ3) is 6.94. The summed E-state index contributed by atoms with van der Waals surface area (Å²) in [6.07, 6.45) is 4.85. The van der Waals surface area contributed by atoms with Crippen molar-refractivity contribution in [2.45, 2.75) is 25.8 Å². The van der Waals surface area contributed by atoms with Crippen LogP contribution in [0.5, 0.6) is 5.75 Å². The molecule has 1 heterocycles. The number of nitrogens with zero attached hydrogens (tertiary/aromatic N) is 2. The average molecular weight is 550 g/mol. The second kappa shape index (κ2) is 11.8. The van der Waals surface area contributed by atoms with Crippen molar-refractivity contribution in [3.05, 3.63) is 71.9 Å². The first kappa shape index (κ1) is 24.0. The Morgan fingerprint density at radius 3 is 2.69 bits per heavy atom. The predicted octanol–water partition coefficient (Wildman–Crippen LogP) is 4.80. The molecule has 2 aromatic carbocycles. The first-order valence-electron chi connectivity index (χ1n) is 10.6. The Balaban J connectivity index is 0.00000289. The van der Waals surface area contributed by atoms with Crippen LogP contribution in [0.25, 0.3) is 11.5 Å². The van der Waals surface area contributed by atoms with Crippen LogP contribution in [0, 0.1) is 11.7 Å². The summed E-state index contributed by atoms with van der Waals surface area (Å²) in [5, 5.41) is 6.62. The zero-order valence-corrected chi connectivity index (χ0v) is 20.3. The van der Waals surface area contributed by atoms with Gasteiger partial charge in [0.2, 0.25) is 5.89 Å². The lowest BCUT2D eigenvalue weighted by atomic mass is 10.2. The van der Waals surface area contributed by atoms with Gasteiger partial charge in [0.25, 0.3) is 0 Å². The second-order valence-corrected chi connectivity index (χ2v) is 7.62. The van der Waals surface area contributed by atoms with E-state index in [1.54, 1.807) is 25.4 Å². The van der Waals surface area contributed by atoms with Crippen molar-refractivity contribution < 1.29 is 13.5 Å². The SMILES string of the molecule is CN=C(NCCc1coc(-c2ccc(F)cc2)n1)NCc1ccccc1OCC1CC1.I. The van der Waals surface area contributed by atoms with E-state index in [-0.39, 0.29) is 29.8 Å². The van der Waals surface area contributed by atoms with Crippen molar-refractivity contribution in [2.24, 2.45) is 10.9 Å². The van der Waals surface area contributed by atoms with Crippen LogP contribution in [-0.4, -0.2) is 31.1 Å². The van der Waals surface area contributed by atoms with Gasteiger partial charge in [0.15, 0.2) is 5.96 Å². The van der Waals surface area contributed by atoms with Gasteiger partial charge >= 0.3 is 0 Å². The van der Waals surface area contributed by atoms with Gasteiger partial charge in [-0.2, -0.15) is 0 Å². The molecule has 170 valence electrons. The van der Waals surface area contributed by atoms with Crippen LogP contribution in [0.2, 0.25) is 0 Å². The number of nitrogens with one attached hydrogen (secondary N) is 2. The van der Waals surface area contributed by atoms with Crippen molar-refractivity contribution >= 4 is 29.9 Å². The molecule has 1 saturated carbocycles. The number of benzene rings is 2. The van der Waals surface area contributed by atoms with Crippen molar-refractivity contribution in [3.63, 3.8) is 0 Å². The van der Waals surface area contributed by atoms with Crippen molar-refractivity contribution in [1.82, 2.24) is 15.6 Å². The number of para-hydroxylation sites is 1. The zero-order valence-electron chi connectivity index (χ0n) is 18.0. The molecule has 0 amide bonds. The number of rotatable bonds is 9. The largest absolute Gasteiger partial charge is 0.493 e. The number of hydrogen-bond acceptors (Lipinski definition) is 4. The lowest BCUT2D eigenvalue weighted by Crippen LogP contribution is -2.38. The number of ether oxygens (including phenoxy) is 1. The maximum absolute atomic E-state index is 13.1. The van der Waals surface area contributed by atoms with Crippen LogP contribution >= 0.6 is 24.0 Å². The topological polar surface area (TPSA) is 71.7 Å². The van der Waals surface area contributed by atoms with Gasteiger partial charge in [-0.25, -0.2) is 9.37 Å². The van der Waals surface area contributed by atoms with Gasteiger partial charge in [0.05, 0.1) is 12.3 Å². The van der Waals surface area contributed by atoms with Crippen LogP contribution < -0.4 is 15.4 Å². The summed E-state index contributed by atoms with van der Waals surface area (Å²) in [5.74, 6) is 2.55. The Morgan fingerprint density at radius 2 is 1.94 bits per heavy atom. The van der Waals surface area contributed by atoms with E-state index < -0.39 is 0 Å². The van der Waals surface area contributed by atoms with Gasteiger partial charge in [-0.05, 0) is 49.1 Å². The van der Waals surface area contributed by atoms with Gasteiger partial charge in [-0.1, -0.05) is 18.2 Å². The van der Waals surface area contributed by atoms with Crippen molar-refractivity contribution in [3.8, 4) is 17.2 Å². The number of oxazole rings is 1. The van der Waals surface area contributed by atoms with E-state index in [0.717, 1.165) is 35.1 Å². The summed E-state index contributed by atoms with van der Waals surface area (Å²) in [4.78, 5) is 8.76. The van der Waals surface area contributed by atoms with Crippen LogP contribution in [-0.2, 0) is 13.0 Å². The molecule has 1 aromatic heterocycles. The van der Waals surface area contributed by atoms with Crippen LogP contribution in [0.4, 0.5) is 4.39 Å². The molecule has 6 nitrogen and oxygen atoms in total. The fraction of sp³-hybridized carbons (Fsp3) is 0.333. The fourth-order valence-electron chi connectivity index (χ4n) is 3.14. The normalized spacial score (nSPS) is 13.4. The molecule has 0 aliphatic heterocycles. The lowest BCUT2D eigenvalue weighted by molar-refractivity contribution is 0.296. The van der Waals surface area contributed by atoms with Crippen molar-refractivity contribution in [2.75, 3.05) is 20.2 Å². The van der Waals surface area contributed by atoms with E-state index in [0.29, 0.717) is 31.4 Å². The zero-order chi connectivity index (χ0) is 21.5. The Bertz CT molecular complexity index is 1020. The summed E-state index contributed by atoms with van der Waals surface area (Å²) >= 11 is 0. The number of halogens is 2. The highest BCUT2D eigenvalue weighted by atomic mass is 127. The molecule has 0 unspecified atom stereocenters. The Morgan fingerprint density at radius 1 is 1.16 bits per heavy atom. The maximum Gasteiger partial charge on any atom is 0.226 e. The highest BCUT2D eigenvalue weighted by molar-refractivity contribution is 14.0. The predicted molar refractivity (Wildman–Crippen MR) is 134 cm³/mol. The minimum atomic E-state index is -0.282. The summed E-state index contributed by atoms with van der Waals surface area (Å²) in [6.45, 7) is 2.07. The summed E-state index contributed by atoms with van der Waals surface area (Å²) in [6, 6.07) is 14.2. The van der Waals surface area contributed by atoms with E-state index in [1.165, 1.54) is 25.0 Å². The van der Waals surface area contributed by atoms with Gasteiger partial charge in [-0.15, -0.1) is 24.0 Å². The molecule has 1 aliphatic rings. The monoisotopic (exact) mass is 550 g/mol. The highest BCUT2D eigenvalue weighted by Gasteiger charge is 2.22. The summed E-state index contributed by atoms with van der Waals surface area (Å²) in [5.41, 5.74) is 2.67. The minimum Gasteiger partial charge on any atom is -0.493 e. The van der Waals surface area contributed by atoms with Crippen LogP contribution in [0.3, 0.4) is 0 Å². The van der Waals surface area contributed by atoms with E-state index in [2.05, 4.69) is 26.7 Å². The molecule has 4 rings (SSSR count). The molecule has 1 aliphatic carbocycles. The van der Waals surface area contributed by atoms with Gasteiger partial charge < -0.3 is 19.8 Å². The number of guanidine groups is 1.